The first-order valence-corrected chi connectivity index (χ1v) is 12.3. The van der Waals surface area contributed by atoms with Gasteiger partial charge in [0.05, 0.1) is 18.4 Å². The van der Waals surface area contributed by atoms with Crippen LogP contribution < -0.4 is 18.9 Å². The van der Waals surface area contributed by atoms with Crippen LogP contribution in [0.1, 0.15) is 49.5 Å². The molecule has 8 nitrogen and oxygen atoms in total. The van der Waals surface area contributed by atoms with E-state index in [0.29, 0.717) is 71.4 Å². The lowest BCUT2D eigenvalue weighted by Crippen LogP contribution is -2.21. The first-order valence-electron chi connectivity index (χ1n) is 12.3. The van der Waals surface area contributed by atoms with Crippen molar-refractivity contribution in [1.82, 2.24) is 4.98 Å². The number of rotatable bonds is 9. The van der Waals surface area contributed by atoms with Crippen molar-refractivity contribution in [3.05, 3.63) is 77.2 Å². The van der Waals surface area contributed by atoms with Crippen LogP contribution in [0.5, 0.6) is 28.9 Å². The Bertz CT molecular complexity index is 1380. The van der Waals surface area contributed by atoms with Gasteiger partial charge in [-0.3, -0.25) is 0 Å². The summed E-state index contributed by atoms with van der Waals surface area (Å²) in [6, 6.07) is 11.5. The number of nitrogens with zero attached hydrogens (tertiary/aromatic N) is 1. The van der Waals surface area contributed by atoms with E-state index in [9.17, 15) is 14.3 Å². The minimum Gasteiger partial charge on any atom is -0.492 e. The number of aliphatic hydroxyl groups is 1. The van der Waals surface area contributed by atoms with Gasteiger partial charge in [0.25, 0.3) is 0 Å². The van der Waals surface area contributed by atoms with E-state index in [1.807, 2.05) is 0 Å². The number of aliphatic carboxylic acids is 1. The maximum atomic E-state index is 14.9. The summed E-state index contributed by atoms with van der Waals surface area (Å²) in [6.07, 6.45) is 3.78. The Labute approximate surface area is 219 Å². The summed E-state index contributed by atoms with van der Waals surface area (Å²) in [7, 11) is 0. The van der Waals surface area contributed by atoms with Crippen molar-refractivity contribution in [2.24, 2.45) is 0 Å². The third-order valence-corrected chi connectivity index (χ3v) is 6.40. The van der Waals surface area contributed by atoms with Gasteiger partial charge in [0.2, 0.25) is 5.88 Å². The Kier molecular flexibility index (Phi) is 6.94. The van der Waals surface area contributed by atoms with Crippen molar-refractivity contribution >= 4 is 11.5 Å². The Morgan fingerprint density at radius 2 is 2.03 bits per heavy atom. The minimum atomic E-state index is -1.03. The molecule has 5 rings (SSSR count). The third-order valence-electron chi connectivity index (χ3n) is 6.40. The molecule has 0 amide bonds. The fourth-order valence-corrected chi connectivity index (χ4v) is 4.53. The standard InChI is InChI=1S/C29H28FNO7/c1-29(2,34)11-12-35-19-4-10-26(31-15-19)38-23-9-7-22(30)28-21(23)6-8-24(28)37-18-3-5-20-17(13-27(32)33)16-36-25(20)14-18/h3-5,7,9-10,13-15,24,34H,6,8,11-12,16H2,1-2H3,(H,32,33)/b17-13+/t24-/m1/s1. The molecule has 0 spiro atoms. The zero-order valence-electron chi connectivity index (χ0n) is 21.1. The number of carboxylic acids is 1. The summed E-state index contributed by atoms with van der Waals surface area (Å²) < 4.78 is 38.3. The van der Waals surface area contributed by atoms with Gasteiger partial charge in [-0.15, -0.1) is 0 Å². The van der Waals surface area contributed by atoms with Crippen molar-refractivity contribution in [2.75, 3.05) is 13.2 Å². The fourth-order valence-electron chi connectivity index (χ4n) is 4.53. The van der Waals surface area contributed by atoms with Gasteiger partial charge in [-0.1, -0.05) is 0 Å². The zero-order chi connectivity index (χ0) is 26.9. The summed E-state index contributed by atoms with van der Waals surface area (Å²) in [5.41, 5.74) is 1.65. The molecule has 1 aliphatic carbocycles. The number of fused-ring (bicyclic) bond motifs is 2. The first kappa shape index (κ1) is 25.5. The summed E-state index contributed by atoms with van der Waals surface area (Å²) >= 11 is 0. The van der Waals surface area contributed by atoms with Gasteiger partial charge in [0.1, 0.15) is 41.5 Å². The van der Waals surface area contributed by atoms with Crippen LogP contribution in [0.4, 0.5) is 4.39 Å². The van der Waals surface area contributed by atoms with Gasteiger partial charge in [0.15, 0.2) is 0 Å². The van der Waals surface area contributed by atoms with E-state index in [-0.39, 0.29) is 12.4 Å². The van der Waals surface area contributed by atoms with Crippen LogP contribution in [0.15, 0.2) is 54.7 Å². The summed E-state index contributed by atoms with van der Waals surface area (Å²) in [5.74, 6) is 1.05. The van der Waals surface area contributed by atoms with E-state index < -0.39 is 17.7 Å². The summed E-state index contributed by atoms with van der Waals surface area (Å²) in [4.78, 5) is 15.3. The fraction of sp³-hybridized carbons (Fsp3) is 0.310. The highest BCUT2D eigenvalue weighted by atomic mass is 19.1. The predicted molar refractivity (Wildman–Crippen MR) is 136 cm³/mol. The monoisotopic (exact) mass is 521 g/mol. The van der Waals surface area contributed by atoms with Gasteiger partial charge in [0, 0.05) is 46.9 Å². The molecule has 0 bridgehead atoms. The van der Waals surface area contributed by atoms with Gasteiger partial charge < -0.3 is 29.2 Å². The topological polar surface area (TPSA) is 107 Å². The van der Waals surface area contributed by atoms with Crippen LogP contribution >= 0.6 is 0 Å². The van der Waals surface area contributed by atoms with E-state index in [1.54, 1.807) is 56.4 Å². The number of carbonyl (C=O) groups is 1. The largest absolute Gasteiger partial charge is 0.492 e. The molecule has 0 saturated carbocycles. The summed E-state index contributed by atoms with van der Waals surface area (Å²) in [6.45, 7) is 3.97. The Morgan fingerprint density at radius 1 is 1.21 bits per heavy atom. The van der Waals surface area contributed by atoms with Crippen LogP contribution in [0.3, 0.4) is 0 Å². The second-order valence-corrected chi connectivity index (χ2v) is 9.88. The predicted octanol–water partition coefficient (Wildman–Crippen LogP) is 5.48. The highest BCUT2D eigenvalue weighted by Crippen LogP contribution is 2.44. The molecule has 3 aromatic rings. The van der Waals surface area contributed by atoms with Crippen LogP contribution in [-0.2, 0) is 11.2 Å². The quantitative estimate of drug-likeness (QED) is 0.357. The minimum absolute atomic E-state index is 0.175. The van der Waals surface area contributed by atoms with E-state index in [1.165, 1.54) is 6.07 Å². The molecule has 0 radical (unpaired) electrons. The van der Waals surface area contributed by atoms with Crippen molar-refractivity contribution in [3.63, 3.8) is 0 Å². The number of hydrogen-bond acceptors (Lipinski definition) is 7. The molecule has 2 aliphatic rings. The SMILES string of the molecule is CC(C)(O)CCOc1ccc(Oc2ccc(F)c3c2CC[C@H]3Oc2ccc3c(c2)OC/C3=C\C(=O)O)nc1. The van der Waals surface area contributed by atoms with Crippen molar-refractivity contribution in [3.8, 4) is 28.9 Å². The number of hydrogen-bond donors (Lipinski definition) is 2. The maximum Gasteiger partial charge on any atom is 0.328 e. The smallest absolute Gasteiger partial charge is 0.328 e. The molecule has 0 fully saturated rings. The second-order valence-electron chi connectivity index (χ2n) is 9.88. The second kappa shape index (κ2) is 10.3. The average molecular weight is 522 g/mol. The average Bonchev–Trinajstić information content (AvgIpc) is 3.46. The highest BCUT2D eigenvalue weighted by molar-refractivity contribution is 5.92. The van der Waals surface area contributed by atoms with Gasteiger partial charge in [-0.05, 0) is 57.0 Å². The number of ether oxygens (including phenoxy) is 4. The van der Waals surface area contributed by atoms with Gasteiger partial charge in [-0.2, -0.15) is 0 Å². The number of benzene rings is 2. The molecule has 1 aromatic heterocycles. The highest BCUT2D eigenvalue weighted by Gasteiger charge is 2.31. The number of aromatic nitrogens is 1. The molecule has 0 saturated heterocycles. The normalized spacial score (nSPS) is 17.1. The van der Waals surface area contributed by atoms with Gasteiger partial charge in [-0.25, -0.2) is 14.2 Å². The van der Waals surface area contributed by atoms with Crippen molar-refractivity contribution in [2.45, 2.75) is 44.8 Å². The Morgan fingerprint density at radius 3 is 2.76 bits per heavy atom. The lowest BCUT2D eigenvalue weighted by molar-refractivity contribution is -0.131. The Balaban J connectivity index is 1.28. The van der Waals surface area contributed by atoms with Crippen molar-refractivity contribution in [1.29, 1.82) is 0 Å². The first-order chi connectivity index (χ1) is 18.2. The number of pyridine rings is 1. The molecule has 9 heteroatoms. The number of carboxylic acid groups (broad SMARTS) is 1. The molecule has 2 heterocycles. The molecule has 198 valence electrons. The van der Waals surface area contributed by atoms with Crippen LogP contribution in [0, 0.1) is 5.82 Å². The maximum absolute atomic E-state index is 14.9. The summed E-state index contributed by atoms with van der Waals surface area (Å²) in [5, 5.41) is 18.8. The van der Waals surface area contributed by atoms with Gasteiger partial charge >= 0.3 is 5.97 Å². The molecule has 0 unspecified atom stereocenters. The van der Waals surface area contributed by atoms with Crippen LogP contribution in [0.25, 0.3) is 5.57 Å². The van der Waals surface area contributed by atoms with E-state index >= 15 is 0 Å². The third kappa shape index (κ3) is 5.73. The lowest BCUT2D eigenvalue weighted by atomic mass is 10.1. The molecular weight excluding hydrogens is 493 g/mol. The molecule has 38 heavy (non-hydrogen) atoms. The van der Waals surface area contributed by atoms with E-state index in [2.05, 4.69) is 4.98 Å². The lowest BCUT2D eigenvalue weighted by Gasteiger charge is -2.17. The molecule has 2 N–H and O–H groups in total. The van der Waals surface area contributed by atoms with E-state index in [4.69, 9.17) is 24.1 Å². The number of halogens is 1. The van der Waals surface area contributed by atoms with E-state index in [0.717, 1.165) is 11.6 Å². The molecule has 1 aliphatic heterocycles. The van der Waals surface area contributed by atoms with Crippen LogP contribution in [0.2, 0.25) is 0 Å². The zero-order valence-corrected chi connectivity index (χ0v) is 21.1. The molecule has 2 aromatic carbocycles. The van der Waals surface area contributed by atoms with Crippen molar-refractivity contribution < 1.29 is 38.3 Å². The molecule has 1 atom stereocenters. The Hall–Kier alpha value is -4.11. The molecular formula is C29H28FNO7. The van der Waals surface area contributed by atoms with Crippen LogP contribution in [-0.4, -0.2) is 40.0 Å².